The van der Waals surface area contributed by atoms with Gasteiger partial charge in [-0.15, -0.1) is 0 Å². The molecule has 4 nitrogen and oxygen atoms in total. The number of hydrogen-bond donors (Lipinski definition) is 0. The van der Waals surface area contributed by atoms with Crippen molar-refractivity contribution in [3.8, 4) is 11.5 Å². The molecule has 0 amide bonds. The third-order valence-corrected chi connectivity index (χ3v) is 3.43. The van der Waals surface area contributed by atoms with Crippen LogP contribution < -0.4 is 9.47 Å². The second-order valence-corrected chi connectivity index (χ2v) is 4.54. The number of benzene rings is 1. The van der Waals surface area contributed by atoms with Gasteiger partial charge in [0, 0.05) is 13.7 Å². The van der Waals surface area contributed by atoms with Crippen LogP contribution in [0.2, 0.25) is 0 Å². The van der Waals surface area contributed by atoms with Crippen molar-refractivity contribution in [3.05, 3.63) is 23.3 Å². The Morgan fingerprint density at radius 2 is 1.94 bits per heavy atom. The molecule has 0 saturated carbocycles. The van der Waals surface area contributed by atoms with Gasteiger partial charge in [0.25, 0.3) is 0 Å². The minimum Gasteiger partial charge on any atom is -0.454 e. The number of rotatable bonds is 2. The van der Waals surface area contributed by atoms with E-state index in [1.54, 1.807) is 7.11 Å². The van der Waals surface area contributed by atoms with Crippen molar-refractivity contribution in [2.24, 2.45) is 5.92 Å². The molecule has 1 aliphatic carbocycles. The van der Waals surface area contributed by atoms with Gasteiger partial charge in [-0.05, 0) is 48.4 Å². The second kappa shape index (κ2) is 5.87. The van der Waals surface area contributed by atoms with Gasteiger partial charge in [0.05, 0.1) is 0 Å². The molecule has 0 radical (unpaired) electrons. The zero-order chi connectivity index (χ0) is 13.0. The molecule has 4 heteroatoms. The number of carbonyl (C=O) groups is 1. The second-order valence-electron chi connectivity index (χ2n) is 4.54. The molecular weight excluding hydrogens is 232 g/mol. The van der Waals surface area contributed by atoms with Gasteiger partial charge in [-0.1, -0.05) is 0 Å². The molecule has 98 valence electrons. The molecule has 3 rings (SSSR count). The average molecular weight is 250 g/mol. The topological polar surface area (TPSA) is 44.8 Å². The Morgan fingerprint density at radius 3 is 2.61 bits per heavy atom. The van der Waals surface area contributed by atoms with Gasteiger partial charge in [-0.2, -0.15) is 0 Å². The van der Waals surface area contributed by atoms with E-state index in [2.05, 4.69) is 12.1 Å². The summed E-state index contributed by atoms with van der Waals surface area (Å²) in [5.74, 6) is 2.46. The summed E-state index contributed by atoms with van der Waals surface area (Å²) in [5, 5.41) is 0. The predicted octanol–water partition coefficient (Wildman–Crippen LogP) is 1.98. The van der Waals surface area contributed by atoms with Crippen LogP contribution in [-0.2, 0) is 22.4 Å². The van der Waals surface area contributed by atoms with E-state index in [1.165, 1.54) is 17.5 Å². The van der Waals surface area contributed by atoms with E-state index >= 15 is 0 Å². The Kier molecular flexibility index (Phi) is 4.20. The van der Waals surface area contributed by atoms with Gasteiger partial charge in [0.2, 0.25) is 6.79 Å². The monoisotopic (exact) mass is 250 g/mol. The third-order valence-electron chi connectivity index (χ3n) is 3.43. The molecule has 0 N–H and O–H groups in total. The first-order valence-corrected chi connectivity index (χ1v) is 6.06. The summed E-state index contributed by atoms with van der Waals surface area (Å²) >= 11 is 0. The first kappa shape index (κ1) is 12.9. The highest BCUT2D eigenvalue weighted by Crippen LogP contribution is 2.38. The summed E-state index contributed by atoms with van der Waals surface area (Å²) in [6.07, 6.45) is 3.43. The number of hydrogen-bond acceptors (Lipinski definition) is 4. The van der Waals surface area contributed by atoms with E-state index in [9.17, 15) is 0 Å². The number of methoxy groups -OCH3 is 1. The Hall–Kier alpha value is -1.55. The Bertz CT molecular complexity index is 417. The summed E-state index contributed by atoms with van der Waals surface area (Å²) in [6, 6.07) is 4.28. The molecule has 0 spiro atoms. The maximum atomic E-state index is 8.00. The van der Waals surface area contributed by atoms with Crippen LogP contribution >= 0.6 is 0 Å². The standard InChI is InChI=1S/C13H16O3.CH2O/c1-14-7-9-2-3-10-5-12-13(16-8-15-12)6-11(10)4-9;1-2/h5-6,9H,2-4,7-8H2,1H3;1H2. The smallest absolute Gasteiger partial charge is 0.231 e. The number of carbonyl (C=O) groups excluding carboxylic acids is 1. The lowest BCUT2D eigenvalue weighted by Crippen LogP contribution is -2.18. The molecule has 1 unspecified atom stereocenters. The molecule has 0 bridgehead atoms. The highest BCUT2D eigenvalue weighted by molar-refractivity contribution is 5.49. The minimum absolute atomic E-state index is 0.361. The fraction of sp³-hybridized carbons (Fsp3) is 0.500. The summed E-state index contributed by atoms with van der Waals surface area (Å²) in [5.41, 5.74) is 2.81. The Labute approximate surface area is 107 Å². The van der Waals surface area contributed by atoms with Gasteiger partial charge < -0.3 is 19.0 Å². The van der Waals surface area contributed by atoms with Crippen molar-refractivity contribution in [1.29, 1.82) is 0 Å². The third kappa shape index (κ3) is 2.48. The van der Waals surface area contributed by atoms with Gasteiger partial charge in [0.1, 0.15) is 6.79 Å². The highest BCUT2D eigenvalue weighted by atomic mass is 16.7. The normalized spacial score (nSPS) is 19.7. The van der Waals surface area contributed by atoms with Crippen molar-refractivity contribution in [2.75, 3.05) is 20.5 Å². The molecule has 1 aromatic carbocycles. The molecular formula is C14H18O4. The maximum absolute atomic E-state index is 8.00. The quantitative estimate of drug-likeness (QED) is 0.805. The van der Waals surface area contributed by atoms with Crippen LogP contribution in [0.3, 0.4) is 0 Å². The summed E-state index contributed by atoms with van der Waals surface area (Å²) in [6.45, 7) is 3.22. The molecule has 1 aliphatic heterocycles. The van der Waals surface area contributed by atoms with E-state index in [0.29, 0.717) is 12.7 Å². The first-order chi connectivity index (χ1) is 8.86. The van der Waals surface area contributed by atoms with Crippen LogP contribution in [0.15, 0.2) is 12.1 Å². The van der Waals surface area contributed by atoms with Crippen LogP contribution in [0.5, 0.6) is 11.5 Å². The fourth-order valence-corrected chi connectivity index (χ4v) is 2.60. The van der Waals surface area contributed by atoms with Gasteiger partial charge in [-0.25, -0.2) is 0 Å². The van der Waals surface area contributed by atoms with E-state index in [0.717, 1.165) is 30.9 Å². The summed E-state index contributed by atoms with van der Waals surface area (Å²) in [7, 11) is 1.77. The van der Waals surface area contributed by atoms with Crippen molar-refractivity contribution in [3.63, 3.8) is 0 Å². The lowest BCUT2D eigenvalue weighted by atomic mass is 9.84. The predicted molar refractivity (Wildman–Crippen MR) is 67.1 cm³/mol. The Morgan fingerprint density at radius 1 is 1.28 bits per heavy atom. The van der Waals surface area contributed by atoms with Gasteiger partial charge in [0.15, 0.2) is 11.5 Å². The number of ether oxygens (including phenoxy) is 3. The molecule has 1 aromatic rings. The van der Waals surface area contributed by atoms with Gasteiger partial charge in [-0.3, -0.25) is 0 Å². The summed E-state index contributed by atoms with van der Waals surface area (Å²) < 4.78 is 16.0. The van der Waals surface area contributed by atoms with Crippen LogP contribution in [0, 0.1) is 5.92 Å². The van der Waals surface area contributed by atoms with Crippen molar-refractivity contribution < 1.29 is 19.0 Å². The van der Waals surface area contributed by atoms with Gasteiger partial charge >= 0.3 is 0 Å². The van der Waals surface area contributed by atoms with Crippen LogP contribution in [0.4, 0.5) is 0 Å². The minimum atomic E-state index is 0.361. The van der Waals surface area contributed by atoms with Crippen LogP contribution in [-0.4, -0.2) is 27.3 Å². The molecule has 0 saturated heterocycles. The lowest BCUT2D eigenvalue weighted by molar-refractivity contribution is -0.0979. The van der Waals surface area contributed by atoms with Crippen LogP contribution in [0.25, 0.3) is 0 Å². The van der Waals surface area contributed by atoms with E-state index in [-0.39, 0.29) is 0 Å². The van der Waals surface area contributed by atoms with Crippen LogP contribution in [0.1, 0.15) is 17.5 Å². The zero-order valence-corrected chi connectivity index (χ0v) is 10.6. The Balaban J connectivity index is 0.000000574. The van der Waals surface area contributed by atoms with E-state index < -0.39 is 0 Å². The SMILES string of the molecule is C=O.COCC1CCc2cc3c(cc2C1)OCO3. The largest absolute Gasteiger partial charge is 0.454 e. The molecule has 1 heterocycles. The van der Waals surface area contributed by atoms with E-state index in [4.69, 9.17) is 19.0 Å². The first-order valence-electron chi connectivity index (χ1n) is 6.06. The molecule has 0 fully saturated rings. The van der Waals surface area contributed by atoms with Crippen molar-refractivity contribution in [1.82, 2.24) is 0 Å². The molecule has 0 aromatic heterocycles. The zero-order valence-electron chi connectivity index (χ0n) is 10.6. The average Bonchev–Trinajstić information content (AvgIpc) is 2.86. The molecule has 1 atom stereocenters. The number of aryl methyl sites for hydroxylation is 1. The lowest BCUT2D eigenvalue weighted by Gasteiger charge is -2.24. The maximum Gasteiger partial charge on any atom is 0.231 e. The fourth-order valence-electron chi connectivity index (χ4n) is 2.60. The van der Waals surface area contributed by atoms with Crippen molar-refractivity contribution >= 4 is 6.79 Å². The summed E-state index contributed by atoms with van der Waals surface area (Å²) in [4.78, 5) is 8.00. The van der Waals surface area contributed by atoms with Crippen molar-refractivity contribution in [2.45, 2.75) is 19.3 Å². The number of fused-ring (bicyclic) bond motifs is 2. The van der Waals surface area contributed by atoms with E-state index in [1.807, 2.05) is 6.79 Å². The molecule has 2 aliphatic rings. The highest BCUT2D eigenvalue weighted by Gasteiger charge is 2.23. The molecule has 18 heavy (non-hydrogen) atoms.